The van der Waals surface area contributed by atoms with Crippen molar-refractivity contribution in [2.45, 2.75) is 17.4 Å². The van der Waals surface area contributed by atoms with Crippen LogP contribution >= 0.6 is 0 Å². The van der Waals surface area contributed by atoms with Gasteiger partial charge >= 0.3 is 0 Å². The Morgan fingerprint density at radius 3 is 2.81 bits per heavy atom. The van der Waals surface area contributed by atoms with Gasteiger partial charge in [-0.3, -0.25) is 4.79 Å². The van der Waals surface area contributed by atoms with Crippen LogP contribution in [0.4, 0.5) is 4.39 Å². The number of aliphatic hydroxyl groups excluding tert-OH is 1. The second-order valence-electron chi connectivity index (χ2n) is 4.43. The summed E-state index contributed by atoms with van der Waals surface area (Å²) in [4.78, 5) is 10.8. The predicted molar refractivity (Wildman–Crippen MR) is 72.1 cm³/mol. The number of aliphatic hydroxyl groups is 1. The first-order valence-electron chi connectivity index (χ1n) is 6.10. The molecule has 1 aromatic rings. The summed E-state index contributed by atoms with van der Waals surface area (Å²) in [6, 6.07) is 2.76. The highest BCUT2D eigenvalue weighted by atomic mass is 32.2. The average molecular weight is 312 g/mol. The van der Waals surface area contributed by atoms with E-state index in [9.17, 15) is 17.6 Å². The van der Waals surface area contributed by atoms with Gasteiger partial charge in [0.2, 0.25) is 15.9 Å². The molecular weight excluding hydrogens is 299 g/mol. The fourth-order valence-corrected chi connectivity index (χ4v) is 3.12. The highest BCUT2D eigenvalue weighted by molar-refractivity contribution is 7.89. The molecule has 6 nitrogen and oxygen atoms in total. The maximum Gasteiger partial charge on any atom is 0.240 e. The molecule has 2 rings (SSSR count). The first-order chi connectivity index (χ1) is 9.92. The Balaban J connectivity index is 2.20. The van der Waals surface area contributed by atoms with Crippen LogP contribution in [0.15, 0.2) is 23.1 Å². The first kappa shape index (κ1) is 15.4. The van der Waals surface area contributed by atoms with Gasteiger partial charge in [0.1, 0.15) is 12.4 Å². The van der Waals surface area contributed by atoms with Crippen LogP contribution in [0.2, 0.25) is 0 Å². The zero-order valence-corrected chi connectivity index (χ0v) is 11.7. The number of halogens is 1. The number of hydrogen-bond acceptors (Lipinski definition) is 4. The third-order valence-electron chi connectivity index (χ3n) is 2.85. The topological polar surface area (TPSA) is 95.5 Å². The molecule has 0 radical (unpaired) electrons. The SMILES string of the molecule is O=C1CC(NS(=O)(=O)c2ccc(C#CCO)c(F)c2)CN1. The third-order valence-corrected chi connectivity index (χ3v) is 4.37. The molecule has 1 heterocycles. The quantitative estimate of drug-likeness (QED) is 0.646. The number of carbonyl (C=O) groups excluding carboxylic acids is 1. The Morgan fingerprint density at radius 1 is 1.48 bits per heavy atom. The van der Waals surface area contributed by atoms with Crippen LogP contribution in [-0.2, 0) is 14.8 Å². The maximum absolute atomic E-state index is 13.7. The number of sulfonamides is 1. The van der Waals surface area contributed by atoms with Crippen molar-refractivity contribution in [1.82, 2.24) is 10.0 Å². The Labute approximate surface area is 121 Å². The number of nitrogens with one attached hydrogen (secondary N) is 2. The van der Waals surface area contributed by atoms with E-state index in [0.29, 0.717) is 0 Å². The lowest BCUT2D eigenvalue weighted by atomic mass is 10.2. The summed E-state index contributed by atoms with van der Waals surface area (Å²) in [6.07, 6.45) is 0.0573. The summed E-state index contributed by atoms with van der Waals surface area (Å²) in [6.45, 7) is -0.204. The van der Waals surface area contributed by atoms with Crippen LogP contribution in [-0.4, -0.2) is 38.6 Å². The van der Waals surface area contributed by atoms with Gasteiger partial charge in [-0.05, 0) is 18.2 Å². The lowest BCUT2D eigenvalue weighted by Gasteiger charge is -2.11. The highest BCUT2D eigenvalue weighted by Crippen LogP contribution is 2.15. The maximum atomic E-state index is 13.7. The minimum atomic E-state index is -3.91. The number of rotatable bonds is 3. The van der Waals surface area contributed by atoms with E-state index in [-0.39, 0.29) is 29.3 Å². The molecule has 1 atom stereocenters. The number of benzene rings is 1. The van der Waals surface area contributed by atoms with Crippen LogP contribution in [0.1, 0.15) is 12.0 Å². The highest BCUT2D eigenvalue weighted by Gasteiger charge is 2.27. The normalized spacial score (nSPS) is 18.0. The summed E-state index contributed by atoms with van der Waals surface area (Å²) in [5.74, 6) is 3.63. The summed E-state index contributed by atoms with van der Waals surface area (Å²) in [7, 11) is -3.91. The molecule has 8 heteroatoms. The molecule has 0 aromatic heterocycles. The molecule has 0 aliphatic carbocycles. The van der Waals surface area contributed by atoms with Gasteiger partial charge in [0, 0.05) is 19.0 Å². The average Bonchev–Trinajstić information content (AvgIpc) is 2.82. The van der Waals surface area contributed by atoms with E-state index >= 15 is 0 Å². The lowest BCUT2D eigenvalue weighted by molar-refractivity contribution is -0.119. The standard InChI is InChI=1S/C13H13FN2O4S/c14-12-7-11(4-3-9(12)2-1-5-17)21(19,20)16-10-6-13(18)15-8-10/h3-4,7,10,16-17H,5-6,8H2,(H,15,18). The molecule has 1 saturated heterocycles. The minimum absolute atomic E-state index is 0.000658. The Bertz CT molecular complexity index is 721. The van der Waals surface area contributed by atoms with E-state index in [1.54, 1.807) is 0 Å². The largest absolute Gasteiger partial charge is 0.384 e. The molecule has 0 saturated carbocycles. The third kappa shape index (κ3) is 3.78. The fraction of sp³-hybridized carbons (Fsp3) is 0.308. The van der Waals surface area contributed by atoms with Gasteiger partial charge in [0.05, 0.1) is 10.5 Å². The van der Waals surface area contributed by atoms with Crippen molar-refractivity contribution in [2.24, 2.45) is 0 Å². The number of amides is 1. The zero-order valence-electron chi connectivity index (χ0n) is 10.9. The van der Waals surface area contributed by atoms with Crippen molar-refractivity contribution >= 4 is 15.9 Å². The van der Waals surface area contributed by atoms with E-state index in [1.807, 2.05) is 0 Å². The van der Waals surface area contributed by atoms with Crippen LogP contribution < -0.4 is 10.0 Å². The molecular formula is C13H13FN2O4S. The monoisotopic (exact) mass is 312 g/mol. The summed E-state index contributed by atoms with van der Waals surface area (Å²) in [5, 5.41) is 11.1. The lowest BCUT2D eigenvalue weighted by Crippen LogP contribution is -2.36. The van der Waals surface area contributed by atoms with E-state index in [2.05, 4.69) is 21.9 Å². The van der Waals surface area contributed by atoms with Gasteiger partial charge in [-0.25, -0.2) is 17.5 Å². The summed E-state index contributed by atoms with van der Waals surface area (Å²) < 4.78 is 40.2. The Hall–Kier alpha value is -1.95. The fourth-order valence-electron chi connectivity index (χ4n) is 1.88. The smallest absolute Gasteiger partial charge is 0.240 e. The molecule has 1 unspecified atom stereocenters. The van der Waals surface area contributed by atoms with Crippen molar-refractivity contribution in [3.63, 3.8) is 0 Å². The van der Waals surface area contributed by atoms with Gasteiger partial charge in [-0.1, -0.05) is 11.8 Å². The van der Waals surface area contributed by atoms with Crippen LogP contribution in [0.25, 0.3) is 0 Å². The van der Waals surface area contributed by atoms with Crippen molar-refractivity contribution < 1.29 is 22.7 Å². The van der Waals surface area contributed by atoms with Gasteiger partial charge in [-0.2, -0.15) is 0 Å². The summed E-state index contributed by atoms with van der Waals surface area (Å²) in [5.41, 5.74) is 0.000658. The minimum Gasteiger partial charge on any atom is -0.384 e. The molecule has 1 aromatic carbocycles. The van der Waals surface area contributed by atoms with Crippen molar-refractivity contribution in [2.75, 3.05) is 13.2 Å². The van der Waals surface area contributed by atoms with Gasteiger partial charge in [0.15, 0.2) is 0 Å². The van der Waals surface area contributed by atoms with E-state index in [4.69, 9.17) is 5.11 Å². The van der Waals surface area contributed by atoms with Crippen molar-refractivity contribution in [3.05, 3.63) is 29.6 Å². The van der Waals surface area contributed by atoms with E-state index < -0.39 is 28.5 Å². The van der Waals surface area contributed by atoms with Crippen molar-refractivity contribution in [3.8, 4) is 11.8 Å². The summed E-state index contributed by atoms with van der Waals surface area (Å²) >= 11 is 0. The van der Waals surface area contributed by atoms with Crippen molar-refractivity contribution in [1.29, 1.82) is 0 Å². The molecule has 1 aliphatic rings. The van der Waals surface area contributed by atoms with Gasteiger partial charge in [0.25, 0.3) is 0 Å². The van der Waals surface area contributed by atoms with Gasteiger partial charge in [-0.15, -0.1) is 0 Å². The molecule has 112 valence electrons. The number of hydrogen-bond donors (Lipinski definition) is 3. The Morgan fingerprint density at radius 2 is 2.24 bits per heavy atom. The second kappa shape index (κ2) is 6.22. The van der Waals surface area contributed by atoms with Gasteiger partial charge < -0.3 is 10.4 Å². The number of carbonyl (C=O) groups is 1. The molecule has 21 heavy (non-hydrogen) atoms. The Kier molecular flexibility index (Phi) is 4.57. The first-order valence-corrected chi connectivity index (χ1v) is 7.59. The molecule has 1 amide bonds. The zero-order chi connectivity index (χ0) is 15.5. The molecule has 0 spiro atoms. The van der Waals surface area contributed by atoms with Crippen LogP contribution in [0.5, 0.6) is 0 Å². The molecule has 1 fully saturated rings. The molecule has 3 N–H and O–H groups in total. The molecule has 1 aliphatic heterocycles. The van der Waals surface area contributed by atoms with E-state index in [0.717, 1.165) is 6.07 Å². The van der Waals surface area contributed by atoms with Crippen LogP contribution in [0.3, 0.4) is 0 Å². The van der Waals surface area contributed by atoms with E-state index in [1.165, 1.54) is 12.1 Å². The second-order valence-corrected chi connectivity index (χ2v) is 6.14. The molecule has 0 bridgehead atoms. The van der Waals surface area contributed by atoms with Crippen LogP contribution in [0, 0.1) is 17.7 Å². The predicted octanol–water partition coefficient (Wildman–Crippen LogP) is -0.664.